The second kappa shape index (κ2) is 12.6. The SMILES string of the molecule is CC(O)C(N)C(=O)NC(CC(=O)O)C(=O)NC(CS)C(=O)NC(CC(N)=O)C(=O)O. The molecule has 0 rings (SSSR count). The lowest BCUT2D eigenvalue weighted by Crippen LogP contribution is -2.59. The normalized spacial score (nSPS) is 15.6. The summed E-state index contributed by atoms with van der Waals surface area (Å²) in [4.78, 5) is 69.5. The molecule has 0 bridgehead atoms. The van der Waals surface area contributed by atoms with Crippen molar-refractivity contribution < 1.29 is 44.1 Å². The molecule has 5 unspecified atom stereocenters. The molecule has 0 saturated carbocycles. The summed E-state index contributed by atoms with van der Waals surface area (Å²) in [6, 6.07) is -6.19. The minimum Gasteiger partial charge on any atom is -0.481 e. The van der Waals surface area contributed by atoms with E-state index in [0.717, 1.165) is 0 Å². The highest BCUT2D eigenvalue weighted by Gasteiger charge is 2.31. The van der Waals surface area contributed by atoms with E-state index in [1.165, 1.54) is 6.92 Å². The van der Waals surface area contributed by atoms with E-state index in [-0.39, 0.29) is 5.75 Å². The Morgan fingerprint density at radius 1 is 0.867 bits per heavy atom. The van der Waals surface area contributed by atoms with Crippen LogP contribution in [-0.4, -0.2) is 86.9 Å². The largest absolute Gasteiger partial charge is 0.481 e. The van der Waals surface area contributed by atoms with Crippen molar-refractivity contribution in [3.8, 4) is 0 Å². The van der Waals surface area contributed by atoms with Crippen LogP contribution < -0.4 is 27.4 Å². The summed E-state index contributed by atoms with van der Waals surface area (Å²) in [5.41, 5.74) is 10.3. The van der Waals surface area contributed by atoms with Crippen molar-refractivity contribution in [3.63, 3.8) is 0 Å². The van der Waals surface area contributed by atoms with E-state index in [4.69, 9.17) is 21.7 Å². The molecule has 0 aliphatic heterocycles. The van der Waals surface area contributed by atoms with E-state index in [2.05, 4.69) is 23.3 Å². The molecule has 0 aromatic carbocycles. The summed E-state index contributed by atoms with van der Waals surface area (Å²) in [6.45, 7) is 1.21. The second-order valence-corrected chi connectivity index (χ2v) is 6.60. The van der Waals surface area contributed by atoms with Gasteiger partial charge in [-0.2, -0.15) is 12.6 Å². The number of hydrogen-bond acceptors (Lipinski definition) is 9. The first-order valence-corrected chi connectivity index (χ1v) is 9.11. The van der Waals surface area contributed by atoms with Crippen LogP contribution >= 0.6 is 12.6 Å². The summed E-state index contributed by atoms with van der Waals surface area (Å²) < 4.78 is 0. The smallest absolute Gasteiger partial charge is 0.326 e. The zero-order valence-electron chi connectivity index (χ0n) is 15.9. The minimum absolute atomic E-state index is 0.332. The highest BCUT2D eigenvalue weighted by atomic mass is 32.1. The molecule has 0 fully saturated rings. The third kappa shape index (κ3) is 9.53. The van der Waals surface area contributed by atoms with Crippen molar-refractivity contribution in [3.05, 3.63) is 0 Å². The maximum atomic E-state index is 12.4. The third-order valence-corrected chi connectivity index (χ3v) is 4.03. The Balaban J connectivity index is 5.29. The number of hydrogen-bond donors (Lipinski definition) is 9. The molecule has 0 aliphatic rings. The van der Waals surface area contributed by atoms with Gasteiger partial charge in [0.2, 0.25) is 23.6 Å². The van der Waals surface area contributed by atoms with Crippen LogP contribution in [0.4, 0.5) is 0 Å². The summed E-state index contributed by atoms with van der Waals surface area (Å²) >= 11 is 3.87. The number of carbonyl (C=O) groups excluding carboxylic acids is 4. The number of nitrogens with one attached hydrogen (secondary N) is 3. The van der Waals surface area contributed by atoms with Gasteiger partial charge in [0.1, 0.15) is 24.2 Å². The van der Waals surface area contributed by atoms with Gasteiger partial charge in [-0.25, -0.2) is 4.79 Å². The predicted octanol–water partition coefficient (Wildman–Crippen LogP) is -4.49. The molecule has 0 aromatic rings. The molecule has 0 spiro atoms. The lowest BCUT2D eigenvalue weighted by atomic mass is 10.1. The van der Waals surface area contributed by atoms with Gasteiger partial charge in [0.05, 0.1) is 18.9 Å². The Hall–Kier alpha value is -2.91. The van der Waals surface area contributed by atoms with Gasteiger partial charge >= 0.3 is 11.9 Å². The van der Waals surface area contributed by atoms with Crippen molar-refractivity contribution in [2.24, 2.45) is 11.5 Å². The van der Waals surface area contributed by atoms with E-state index in [0.29, 0.717) is 0 Å². The number of aliphatic hydroxyl groups is 1. The number of amides is 4. The Morgan fingerprint density at radius 2 is 1.33 bits per heavy atom. The molecule has 5 atom stereocenters. The molecule has 30 heavy (non-hydrogen) atoms. The van der Waals surface area contributed by atoms with Gasteiger partial charge in [-0.3, -0.25) is 24.0 Å². The molecule has 14 nitrogen and oxygen atoms in total. The lowest BCUT2D eigenvalue weighted by molar-refractivity contribution is -0.144. The summed E-state index contributed by atoms with van der Waals surface area (Å²) in [6.07, 6.45) is -2.86. The molecule has 0 aromatic heterocycles. The van der Waals surface area contributed by atoms with Crippen molar-refractivity contribution in [2.75, 3.05) is 5.75 Å². The fourth-order valence-corrected chi connectivity index (χ4v) is 2.27. The van der Waals surface area contributed by atoms with Gasteiger partial charge in [0, 0.05) is 5.75 Å². The zero-order valence-corrected chi connectivity index (χ0v) is 16.8. The zero-order chi connectivity index (χ0) is 23.6. The number of thiol groups is 1. The molecule has 0 saturated heterocycles. The molecule has 15 heteroatoms. The van der Waals surface area contributed by atoms with Crippen molar-refractivity contribution in [1.82, 2.24) is 16.0 Å². The summed E-state index contributed by atoms with van der Waals surface area (Å²) in [5.74, 6) is -7.47. The number of carboxylic acid groups (broad SMARTS) is 2. The van der Waals surface area contributed by atoms with Crippen LogP contribution in [0.3, 0.4) is 0 Å². The van der Waals surface area contributed by atoms with E-state index in [1.807, 2.05) is 5.32 Å². The molecule has 170 valence electrons. The topological polar surface area (TPSA) is 251 Å². The van der Waals surface area contributed by atoms with Crippen molar-refractivity contribution in [1.29, 1.82) is 0 Å². The van der Waals surface area contributed by atoms with Gasteiger partial charge in [-0.1, -0.05) is 0 Å². The maximum absolute atomic E-state index is 12.4. The number of carbonyl (C=O) groups is 6. The van der Waals surface area contributed by atoms with E-state index < -0.39 is 78.7 Å². The van der Waals surface area contributed by atoms with Crippen LogP contribution in [0.15, 0.2) is 0 Å². The Morgan fingerprint density at radius 3 is 1.73 bits per heavy atom. The first-order chi connectivity index (χ1) is 13.8. The quantitative estimate of drug-likeness (QED) is 0.121. The Bertz CT molecular complexity index is 687. The average molecular weight is 451 g/mol. The number of aliphatic carboxylic acids is 2. The van der Waals surface area contributed by atoms with Crippen LogP contribution in [0.25, 0.3) is 0 Å². The third-order valence-electron chi connectivity index (χ3n) is 3.67. The van der Waals surface area contributed by atoms with Gasteiger partial charge in [-0.15, -0.1) is 0 Å². The monoisotopic (exact) mass is 451 g/mol. The van der Waals surface area contributed by atoms with Crippen molar-refractivity contribution >= 4 is 48.2 Å². The van der Waals surface area contributed by atoms with E-state index >= 15 is 0 Å². The molecule has 0 aliphatic carbocycles. The van der Waals surface area contributed by atoms with Gasteiger partial charge in [0.25, 0.3) is 0 Å². The fraction of sp³-hybridized carbons (Fsp3) is 0.600. The minimum atomic E-state index is -1.66. The highest BCUT2D eigenvalue weighted by molar-refractivity contribution is 7.80. The molecule has 0 heterocycles. The maximum Gasteiger partial charge on any atom is 0.326 e. The number of rotatable bonds is 13. The fourth-order valence-electron chi connectivity index (χ4n) is 2.01. The van der Waals surface area contributed by atoms with E-state index in [9.17, 15) is 33.9 Å². The number of carboxylic acids is 2. The summed E-state index contributed by atoms with van der Waals surface area (Å²) in [5, 5.41) is 33.5. The number of nitrogens with two attached hydrogens (primary N) is 2. The summed E-state index contributed by atoms with van der Waals surface area (Å²) in [7, 11) is 0. The molecule has 0 radical (unpaired) electrons. The van der Waals surface area contributed by atoms with Gasteiger partial charge in [0.15, 0.2) is 0 Å². The van der Waals surface area contributed by atoms with Gasteiger partial charge in [-0.05, 0) is 6.92 Å². The Kier molecular flexibility index (Phi) is 11.4. The first kappa shape index (κ1) is 27.1. The Labute approximate surface area is 176 Å². The lowest BCUT2D eigenvalue weighted by Gasteiger charge is -2.24. The molecule has 4 amide bonds. The van der Waals surface area contributed by atoms with Gasteiger partial charge < -0.3 is 42.7 Å². The van der Waals surface area contributed by atoms with Crippen LogP contribution in [0.1, 0.15) is 19.8 Å². The van der Waals surface area contributed by atoms with Crippen LogP contribution in [0, 0.1) is 0 Å². The van der Waals surface area contributed by atoms with E-state index in [1.54, 1.807) is 0 Å². The van der Waals surface area contributed by atoms with Crippen LogP contribution in [-0.2, 0) is 28.8 Å². The van der Waals surface area contributed by atoms with Crippen LogP contribution in [0.5, 0.6) is 0 Å². The highest BCUT2D eigenvalue weighted by Crippen LogP contribution is 2.00. The predicted molar refractivity (Wildman–Crippen MR) is 103 cm³/mol. The van der Waals surface area contributed by atoms with Crippen molar-refractivity contribution in [2.45, 2.75) is 50.0 Å². The second-order valence-electron chi connectivity index (χ2n) is 6.24. The molecular formula is C15H25N5O9S. The average Bonchev–Trinajstić information content (AvgIpc) is 2.62. The first-order valence-electron chi connectivity index (χ1n) is 8.48. The molecular weight excluding hydrogens is 426 g/mol. The number of aliphatic hydroxyl groups excluding tert-OH is 1. The standard InChI is InChI=1S/C15H25N5O9S/c1-5(21)11(17)14(27)18-6(3-10(23)24)12(25)20-8(4-30)13(26)19-7(15(28)29)2-9(16)22/h5-8,11,21,30H,2-4,17H2,1H3,(H2,16,22)(H,18,27)(H,19,26)(H,20,25)(H,23,24)(H,28,29). The number of primary amides is 1. The van der Waals surface area contributed by atoms with Crippen LogP contribution in [0.2, 0.25) is 0 Å². The molecule has 10 N–H and O–H groups in total.